The number of para-hydroxylation sites is 3. The minimum absolute atomic E-state index is 0.583. The van der Waals surface area contributed by atoms with E-state index in [1.807, 2.05) is 91.0 Å². The lowest BCUT2D eigenvalue weighted by atomic mass is 9.90. The first-order chi connectivity index (χ1) is 24.7. The monoisotopic (exact) mass is 635 g/mol. The first-order valence-electron chi connectivity index (χ1n) is 16.3. The van der Waals surface area contributed by atoms with E-state index in [9.17, 15) is 10.5 Å². The van der Waals surface area contributed by atoms with Gasteiger partial charge in [0.2, 0.25) is 0 Å². The molecule has 0 saturated heterocycles. The van der Waals surface area contributed by atoms with E-state index in [2.05, 4.69) is 86.8 Å². The quantitative estimate of drug-likeness (QED) is 0.181. The summed E-state index contributed by atoms with van der Waals surface area (Å²) in [6.45, 7) is 7.62. The van der Waals surface area contributed by atoms with Gasteiger partial charge in [-0.1, -0.05) is 84.9 Å². The lowest BCUT2D eigenvalue weighted by molar-refractivity contribution is 1.18. The van der Waals surface area contributed by atoms with Gasteiger partial charge in [-0.25, -0.2) is 4.85 Å². The smallest absolute Gasteiger partial charge is 0.188 e. The molecule has 0 spiro atoms. The van der Waals surface area contributed by atoms with E-state index in [-0.39, 0.29) is 0 Å². The molecule has 0 aliphatic heterocycles. The van der Waals surface area contributed by atoms with Crippen LogP contribution in [-0.2, 0) is 0 Å². The predicted molar refractivity (Wildman–Crippen MR) is 202 cm³/mol. The molecule has 9 aromatic rings. The van der Waals surface area contributed by atoms with Crippen LogP contribution in [0.5, 0.6) is 0 Å². The van der Waals surface area contributed by atoms with Gasteiger partial charge in [0.25, 0.3) is 0 Å². The second kappa shape index (κ2) is 11.4. The van der Waals surface area contributed by atoms with Crippen LogP contribution in [0.1, 0.15) is 11.1 Å². The lowest BCUT2D eigenvalue weighted by Crippen LogP contribution is -1.99. The van der Waals surface area contributed by atoms with Crippen LogP contribution < -0.4 is 0 Å². The van der Waals surface area contributed by atoms with Crippen molar-refractivity contribution in [3.63, 3.8) is 0 Å². The van der Waals surface area contributed by atoms with E-state index < -0.39 is 0 Å². The maximum Gasteiger partial charge on any atom is 0.188 e. The Labute approximate surface area is 288 Å². The molecule has 9 rings (SSSR count). The van der Waals surface area contributed by atoms with Gasteiger partial charge in [0.15, 0.2) is 5.69 Å². The highest BCUT2D eigenvalue weighted by molar-refractivity contribution is 6.11. The molecule has 0 unspecified atom stereocenters. The van der Waals surface area contributed by atoms with Gasteiger partial charge in [-0.2, -0.15) is 10.5 Å². The molecule has 0 atom stereocenters. The Morgan fingerprint density at radius 2 is 1.14 bits per heavy atom. The molecule has 2 aromatic heterocycles. The highest BCUT2D eigenvalue weighted by Gasteiger charge is 2.20. The lowest BCUT2D eigenvalue weighted by Gasteiger charge is -2.18. The fourth-order valence-electron chi connectivity index (χ4n) is 7.49. The van der Waals surface area contributed by atoms with Crippen LogP contribution in [0, 0.1) is 29.2 Å². The van der Waals surface area contributed by atoms with Crippen molar-refractivity contribution in [3.05, 3.63) is 174 Å². The summed E-state index contributed by atoms with van der Waals surface area (Å²) >= 11 is 0. The fraction of sp³-hybridized carbons (Fsp3) is 0. The number of aromatic nitrogens is 2. The number of rotatable bonds is 4. The molecule has 0 saturated carbocycles. The number of nitriles is 2. The van der Waals surface area contributed by atoms with Crippen LogP contribution in [-0.4, -0.2) is 9.13 Å². The maximum absolute atomic E-state index is 10.5. The molecule has 7 aromatic carbocycles. The minimum Gasteiger partial charge on any atom is -0.309 e. The van der Waals surface area contributed by atoms with Crippen molar-refractivity contribution >= 4 is 49.3 Å². The number of fused-ring (bicyclic) bond motifs is 6. The van der Waals surface area contributed by atoms with Crippen LogP contribution in [0.25, 0.3) is 82.1 Å². The Bertz CT molecular complexity index is 2970. The molecule has 230 valence electrons. The number of benzene rings is 7. The Hall–Kier alpha value is -7.39. The van der Waals surface area contributed by atoms with E-state index >= 15 is 0 Å². The van der Waals surface area contributed by atoms with Gasteiger partial charge < -0.3 is 9.13 Å². The zero-order valence-corrected chi connectivity index (χ0v) is 26.7. The third-order valence-corrected chi connectivity index (χ3v) is 9.60. The molecular formula is C45H25N5. The largest absolute Gasteiger partial charge is 0.309 e. The first kappa shape index (κ1) is 28.8. The Kier molecular flexibility index (Phi) is 6.56. The van der Waals surface area contributed by atoms with Gasteiger partial charge in [-0.3, -0.25) is 0 Å². The maximum atomic E-state index is 10.5. The van der Waals surface area contributed by atoms with Crippen molar-refractivity contribution in [2.75, 3.05) is 0 Å². The summed E-state index contributed by atoms with van der Waals surface area (Å²) in [5.41, 5.74) is 11.6. The van der Waals surface area contributed by atoms with Crippen molar-refractivity contribution < 1.29 is 0 Å². The van der Waals surface area contributed by atoms with Gasteiger partial charge in [-0.05, 0) is 83.2 Å². The van der Waals surface area contributed by atoms with Crippen molar-refractivity contribution in [1.82, 2.24) is 9.13 Å². The van der Waals surface area contributed by atoms with E-state index in [1.165, 1.54) is 0 Å². The van der Waals surface area contributed by atoms with Crippen molar-refractivity contribution in [2.45, 2.75) is 0 Å². The Balaban J connectivity index is 1.29. The molecule has 0 fully saturated rings. The molecule has 0 aliphatic carbocycles. The SMILES string of the molecule is [C-]#[N+]c1ccc2c(c1)c1ccccc1n2-c1ccccc1-c1cccc(C#N)c1-c1cccc(-n2c3ccccc3c3cc(C#N)ccc32)c1. The normalized spacial score (nSPS) is 11.1. The summed E-state index contributed by atoms with van der Waals surface area (Å²) < 4.78 is 4.49. The Morgan fingerprint density at radius 3 is 1.92 bits per heavy atom. The molecule has 0 bridgehead atoms. The van der Waals surface area contributed by atoms with E-state index in [0.717, 1.165) is 77.2 Å². The van der Waals surface area contributed by atoms with Gasteiger partial charge >= 0.3 is 0 Å². The Morgan fingerprint density at radius 1 is 0.500 bits per heavy atom. The van der Waals surface area contributed by atoms with Crippen LogP contribution in [0.2, 0.25) is 0 Å². The third kappa shape index (κ3) is 4.31. The summed E-state index contributed by atoms with van der Waals surface area (Å²) in [5.74, 6) is 0. The van der Waals surface area contributed by atoms with Crippen LogP contribution in [0.15, 0.2) is 152 Å². The second-order valence-electron chi connectivity index (χ2n) is 12.3. The predicted octanol–water partition coefficient (Wildman–Crippen LogP) is 11.5. The van der Waals surface area contributed by atoms with Crippen molar-refractivity contribution in [2.24, 2.45) is 0 Å². The van der Waals surface area contributed by atoms with E-state index in [4.69, 9.17) is 6.57 Å². The van der Waals surface area contributed by atoms with Crippen LogP contribution in [0.4, 0.5) is 5.69 Å². The standard InChI is InChI=1S/C45H25N5/c1-48-32-21-23-44-39(26-32)36-15-4-7-19-42(36)50(44)41-18-6-2-13-34(41)37-16-9-11-31(28-47)45(37)30-10-8-12-33(25-30)49-40-17-5-3-14-35(40)38-24-29(27-46)20-22-43(38)49/h2-26H. The topological polar surface area (TPSA) is 61.8 Å². The molecule has 50 heavy (non-hydrogen) atoms. The van der Waals surface area contributed by atoms with Gasteiger partial charge in [0.05, 0.1) is 57.6 Å². The average molecular weight is 636 g/mol. The molecule has 5 nitrogen and oxygen atoms in total. The zero-order chi connectivity index (χ0) is 33.8. The molecule has 0 radical (unpaired) electrons. The zero-order valence-electron chi connectivity index (χ0n) is 26.7. The molecule has 2 heterocycles. The fourth-order valence-corrected chi connectivity index (χ4v) is 7.49. The molecule has 0 N–H and O–H groups in total. The summed E-state index contributed by atoms with van der Waals surface area (Å²) in [4.78, 5) is 3.70. The summed E-state index contributed by atoms with van der Waals surface area (Å²) in [6, 6.07) is 55.6. The second-order valence-corrected chi connectivity index (χ2v) is 12.3. The summed E-state index contributed by atoms with van der Waals surface area (Å²) in [7, 11) is 0. The van der Waals surface area contributed by atoms with Gasteiger partial charge in [-0.15, -0.1) is 0 Å². The molecule has 5 heteroatoms. The highest BCUT2D eigenvalue weighted by Crippen LogP contribution is 2.42. The average Bonchev–Trinajstić information content (AvgIpc) is 3.69. The van der Waals surface area contributed by atoms with Crippen molar-refractivity contribution in [3.8, 4) is 45.8 Å². The van der Waals surface area contributed by atoms with Gasteiger partial charge in [0, 0.05) is 33.0 Å². The van der Waals surface area contributed by atoms with E-state index in [1.54, 1.807) is 0 Å². The third-order valence-electron chi connectivity index (χ3n) is 9.60. The van der Waals surface area contributed by atoms with Crippen LogP contribution >= 0.6 is 0 Å². The summed E-state index contributed by atoms with van der Waals surface area (Å²) in [5, 5.41) is 24.3. The minimum atomic E-state index is 0.583. The molecule has 0 amide bonds. The van der Waals surface area contributed by atoms with Crippen LogP contribution in [0.3, 0.4) is 0 Å². The first-order valence-corrected chi connectivity index (χ1v) is 16.3. The van der Waals surface area contributed by atoms with E-state index in [0.29, 0.717) is 16.8 Å². The highest BCUT2D eigenvalue weighted by atomic mass is 15.0. The number of hydrogen-bond acceptors (Lipinski definition) is 2. The van der Waals surface area contributed by atoms with Crippen molar-refractivity contribution in [1.29, 1.82) is 10.5 Å². The number of hydrogen-bond donors (Lipinski definition) is 0. The summed E-state index contributed by atoms with van der Waals surface area (Å²) in [6.07, 6.45) is 0. The molecule has 0 aliphatic rings. The molecular weight excluding hydrogens is 611 g/mol. The van der Waals surface area contributed by atoms with Gasteiger partial charge in [0.1, 0.15) is 0 Å². The number of nitrogens with zero attached hydrogens (tertiary/aromatic N) is 5.